The van der Waals surface area contributed by atoms with E-state index in [-0.39, 0.29) is 12.3 Å². The highest BCUT2D eigenvalue weighted by Crippen LogP contribution is 2.19. The fourth-order valence-corrected chi connectivity index (χ4v) is 3.07. The number of rotatable bonds is 7. The smallest absolute Gasteiger partial charge is 0.328 e. The van der Waals surface area contributed by atoms with E-state index in [0.29, 0.717) is 12.2 Å². The van der Waals surface area contributed by atoms with Crippen LogP contribution < -0.4 is 10.1 Å². The van der Waals surface area contributed by atoms with E-state index in [0.717, 1.165) is 22.0 Å². The quantitative estimate of drug-likeness (QED) is 0.630. The Morgan fingerprint density at radius 2 is 1.93 bits per heavy atom. The SMILES string of the molecule is COC(=O)[C@@H](Cc1c[nH]c2ccccc12)NC(=O)Cc1cccc(OC)c1. The molecule has 0 aliphatic rings. The first-order chi connectivity index (χ1) is 13.1. The molecule has 140 valence electrons. The van der Waals surface area contributed by atoms with E-state index in [1.807, 2.05) is 48.7 Å². The highest BCUT2D eigenvalue weighted by molar-refractivity contribution is 5.88. The number of amides is 1. The fourth-order valence-electron chi connectivity index (χ4n) is 3.07. The lowest BCUT2D eigenvalue weighted by Gasteiger charge is -2.16. The van der Waals surface area contributed by atoms with Crippen LogP contribution in [0, 0.1) is 0 Å². The summed E-state index contributed by atoms with van der Waals surface area (Å²) in [4.78, 5) is 27.8. The second kappa shape index (κ2) is 8.40. The van der Waals surface area contributed by atoms with Crippen LogP contribution in [0.5, 0.6) is 5.75 Å². The summed E-state index contributed by atoms with van der Waals surface area (Å²) in [6.07, 6.45) is 2.36. The second-order valence-corrected chi connectivity index (χ2v) is 6.24. The maximum Gasteiger partial charge on any atom is 0.328 e. The number of aromatic amines is 1. The van der Waals surface area contributed by atoms with Crippen molar-refractivity contribution in [1.29, 1.82) is 0 Å². The third kappa shape index (κ3) is 4.47. The van der Waals surface area contributed by atoms with Gasteiger partial charge in [0.05, 0.1) is 20.6 Å². The zero-order valence-corrected chi connectivity index (χ0v) is 15.3. The Morgan fingerprint density at radius 3 is 2.70 bits per heavy atom. The average molecular weight is 366 g/mol. The van der Waals surface area contributed by atoms with Gasteiger partial charge in [-0.3, -0.25) is 4.79 Å². The first kappa shape index (κ1) is 18.5. The molecule has 27 heavy (non-hydrogen) atoms. The molecule has 3 rings (SSSR count). The number of hydrogen-bond acceptors (Lipinski definition) is 4. The van der Waals surface area contributed by atoms with Crippen molar-refractivity contribution in [3.05, 3.63) is 65.9 Å². The highest BCUT2D eigenvalue weighted by Gasteiger charge is 2.23. The summed E-state index contributed by atoms with van der Waals surface area (Å²) in [5.41, 5.74) is 2.74. The van der Waals surface area contributed by atoms with Crippen LogP contribution in [0.25, 0.3) is 10.9 Å². The van der Waals surface area contributed by atoms with Gasteiger partial charge in [-0.15, -0.1) is 0 Å². The maximum atomic E-state index is 12.5. The van der Waals surface area contributed by atoms with Crippen molar-refractivity contribution >= 4 is 22.8 Å². The molecule has 0 aliphatic carbocycles. The number of para-hydroxylation sites is 1. The molecule has 1 atom stereocenters. The zero-order chi connectivity index (χ0) is 19.2. The van der Waals surface area contributed by atoms with Gasteiger partial charge in [-0.05, 0) is 29.3 Å². The molecule has 0 saturated heterocycles. The molecule has 1 heterocycles. The molecule has 6 nitrogen and oxygen atoms in total. The minimum Gasteiger partial charge on any atom is -0.497 e. The van der Waals surface area contributed by atoms with Crippen LogP contribution in [0.1, 0.15) is 11.1 Å². The van der Waals surface area contributed by atoms with E-state index >= 15 is 0 Å². The molecule has 2 aromatic carbocycles. The Bertz CT molecular complexity index is 948. The summed E-state index contributed by atoms with van der Waals surface area (Å²) in [7, 11) is 2.90. The number of aromatic nitrogens is 1. The summed E-state index contributed by atoms with van der Waals surface area (Å²) < 4.78 is 10.1. The van der Waals surface area contributed by atoms with Crippen molar-refractivity contribution in [1.82, 2.24) is 10.3 Å². The lowest BCUT2D eigenvalue weighted by Crippen LogP contribution is -2.43. The number of nitrogens with one attached hydrogen (secondary N) is 2. The van der Waals surface area contributed by atoms with Gasteiger partial charge < -0.3 is 19.8 Å². The molecule has 0 radical (unpaired) electrons. The van der Waals surface area contributed by atoms with Gasteiger partial charge in [0.25, 0.3) is 0 Å². The largest absolute Gasteiger partial charge is 0.497 e. The van der Waals surface area contributed by atoms with Crippen molar-refractivity contribution in [2.45, 2.75) is 18.9 Å². The summed E-state index contributed by atoms with van der Waals surface area (Å²) in [5, 5.41) is 3.81. The monoisotopic (exact) mass is 366 g/mol. The van der Waals surface area contributed by atoms with Gasteiger partial charge in [-0.25, -0.2) is 4.79 Å². The van der Waals surface area contributed by atoms with Crippen LogP contribution in [0.2, 0.25) is 0 Å². The highest BCUT2D eigenvalue weighted by atomic mass is 16.5. The molecule has 0 saturated carbocycles. The number of carbonyl (C=O) groups excluding carboxylic acids is 2. The Balaban J connectivity index is 1.73. The lowest BCUT2D eigenvalue weighted by molar-refractivity contribution is -0.145. The topological polar surface area (TPSA) is 80.4 Å². The van der Waals surface area contributed by atoms with Crippen molar-refractivity contribution < 1.29 is 19.1 Å². The molecule has 0 bridgehead atoms. The van der Waals surface area contributed by atoms with E-state index in [4.69, 9.17) is 9.47 Å². The molecule has 0 aliphatic heterocycles. The molecule has 0 spiro atoms. The van der Waals surface area contributed by atoms with Crippen molar-refractivity contribution in [2.75, 3.05) is 14.2 Å². The van der Waals surface area contributed by atoms with Crippen LogP contribution in [-0.4, -0.2) is 37.1 Å². The number of fused-ring (bicyclic) bond motifs is 1. The molecular weight excluding hydrogens is 344 g/mol. The van der Waals surface area contributed by atoms with Crippen LogP contribution in [0.15, 0.2) is 54.7 Å². The molecule has 3 aromatic rings. The Hall–Kier alpha value is -3.28. The van der Waals surface area contributed by atoms with E-state index in [1.165, 1.54) is 7.11 Å². The predicted octanol–water partition coefficient (Wildman–Crippen LogP) is 2.62. The molecule has 0 unspecified atom stereocenters. The molecule has 0 fully saturated rings. The first-order valence-corrected chi connectivity index (χ1v) is 8.66. The van der Waals surface area contributed by atoms with Crippen LogP contribution in [-0.2, 0) is 27.2 Å². The number of ether oxygens (including phenoxy) is 2. The summed E-state index contributed by atoms with van der Waals surface area (Å²) >= 11 is 0. The molecule has 1 amide bonds. The Labute approximate surface area is 157 Å². The molecule has 2 N–H and O–H groups in total. The Kier molecular flexibility index (Phi) is 5.76. The van der Waals surface area contributed by atoms with Crippen molar-refractivity contribution in [3.63, 3.8) is 0 Å². The van der Waals surface area contributed by atoms with Crippen molar-refractivity contribution in [3.8, 4) is 5.75 Å². The average Bonchev–Trinajstić information content (AvgIpc) is 3.10. The summed E-state index contributed by atoms with van der Waals surface area (Å²) in [6.45, 7) is 0. The summed E-state index contributed by atoms with van der Waals surface area (Å²) in [6, 6.07) is 14.3. The number of methoxy groups -OCH3 is 2. The predicted molar refractivity (Wildman–Crippen MR) is 103 cm³/mol. The van der Waals surface area contributed by atoms with Gasteiger partial charge in [0.15, 0.2) is 0 Å². The van der Waals surface area contributed by atoms with Crippen LogP contribution >= 0.6 is 0 Å². The summed E-state index contributed by atoms with van der Waals surface area (Å²) in [5.74, 6) is -0.0404. The van der Waals surface area contributed by atoms with Gasteiger partial charge in [0.1, 0.15) is 11.8 Å². The third-order valence-corrected chi connectivity index (χ3v) is 4.42. The Morgan fingerprint density at radius 1 is 1.11 bits per heavy atom. The lowest BCUT2D eigenvalue weighted by atomic mass is 10.0. The number of esters is 1. The number of benzene rings is 2. The maximum absolute atomic E-state index is 12.5. The van der Waals surface area contributed by atoms with Crippen molar-refractivity contribution in [2.24, 2.45) is 0 Å². The van der Waals surface area contributed by atoms with Gasteiger partial charge >= 0.3 is 5.97 Å². The van der Waals surface area contributed by atoms with E-state index in [2.05, 4.69) is 10.3 Å². The van der Waals surface area contributed by atoms with E-state index in [1.54, 1.807) is 13.2 Å². The van der Waals surface area contributed by atoms with Gasteiger partial charge in [0.2, 0.25) is 5.91 Å². The molecular formula is C21H22N2O4. The minimum atomic E-state index is -0.757. The number of H-pyrrole nitrogens is 1. The minimum absolute atomic E-state index is 0.151. The zero-order valence-electron chi connectivity index (χ0n) is 15.3. The van der Waals surface area contributed by atoms with Gasteiger partial charge in [-0.1, -0.05) is 30.3 Å². The molecule has 1 aromatic heterocycles. The van der Waals surface area contributed by atoms with Crippen LogP contribution in [0.3, 0.4) is 0 Å². The standard InChI is InChI=1S/C21H22N2O4/c1-26-16-7-5-6-14(10-16)11-20(24)23-19(21(25)27-2)12-15-13-22-18-9-4-3-8-17(15)18/h3-10,13,19,22H,11-12H2,1-2H3,(H,23,24)/t19-/m1/s1. The molecule has 6 heteroatoms. The second-order valence-electron chi connectivity index (χ2n) is 6.24. The third-order valence-electron chi connectivity index (χ3n) is 4.42. The van der Waals surface area contributed by atoms with Gasteiger partial charge in [-0.2, -0.15) is 0 Å². The van der Waals surface area contributed by atoms with E-state index in [9.17, 15) is 9.59 Å². The van der Waals surface area contributed by atoms with Crippen LogP contribution in [0.4, 0.5) is 0 Å². The normalized spacial score (nSPS) is 11.8. The first-order valence-electron chi connectivity index (χ1n) is 8.66. The van der Waals surface area contributed by atoms with Gasteiger partial charge in [0, 0.05) is 23.5 Å². The fraction of sp³-hybridized carbons (Fsp3) is 0.238. The number of hydrogen-bond donors (Lipinski definition) is 2. The van der Waals surface area contributed by atoms with E-state index < -0.39 is 12.0 Å². The number of carbonyl (C=O) groups is 2.